The maximum absolute atomic E-state index is 12.8. The van der Waals surface area contributed by atoms with Crippen molar-refractivity contribution in [2.24, 2.45) is 0 Å². The van der Waals surface area contributed by atoms with Gasteiger partial charge in [-0.3, -0.25) is 4.79 Å². The number of rotatable bonds is 6. The molecule has 4 aromatic rings. The minimum atomic E-state index is -0.755. The maximum atomic E-state index is 12.8. The van der Waals surface area contributed by atoms with Gasteiger partial charge in [-0.15, -0.1) is 0 Å². The number of carbonyl (C=O) groups excluding carboxylic acids is 1. The van der Waals surface area contributed by atoms with Crippen LogP contribution in [-0.2, 0) is 11.3 Å². The lowest BCUT2D eigenvalue weighted by atomic mass is 10.1. The summed E-state index contributed by atoms with van der Waals surface area (Å²) < 4.78 is 13.3. The van der Waals surface area contributed by atoms with E-state index in [4.69, 9.17) is 14.7 Å². The summed E-state index contributed by atoms with van der Waals surface area (Å²) in [5.41, 5.74) is 3.47. The highest BCUT2D eigenvalue weighted by molar-refractivity contribution is 6.10. The number of benzene rings is 3. The number of nitrogens with zero attached hydrogens (tertiary/aromatic N) is 2. The molecule has 1 N–H and O–H groups in total. The Morgan fingerprint density at radius 2 is 1.84 bits per heavy atom. The first-order chi connectivity index (χ1) is 15.0. The molecule has 1 heterocycles. The van der Waals surface area contributed by atoms with Gasteiger partial charge in [0.1, 0.15) is 0 Å². The normalized spacial score (nSPS) is 11.8. The van der Waals surface area contributed by atoms with Crippen molar-refractivity contribution in [3.05, 3.63) is 66.2 Å². The Hall–Kier alpha value is -3.98. The molecule has 0 unspecified atom stereocenters. The topological polar surface area (TPSA) is 76.3 Å². The van der Waals surface area contributed by atoms with Gasteiger partial charge in [-0.1, -0.05) is 18.2 Å². The summed E-state index contributed by atoms with van der Waals surface area (Å²) in [6.07, 6.45) is -0.755. The highest BCUT2D eigenvalue weighted by Crippen LogP contribution is 2.32. The molecule has 4 rings (SSSR count). The van der Waals surface area contributed by atoms with Gasteiger partial charge in [-0.05, 0) is 50.2 Å². The van der Waals surface area contributed by atoms with Crippen molar-refractivity contribution in [2.45, 2.75) is 26.5 Å². The molecule has 1 amide bonds. The molecule has 3 aromatic carbocycles. The zero-order valence-electron chi connectivity index (χ0n) is 17.7. The van der Waals surface area contributed by atoms with Crippen molar-refractivity contribution < 1.29 is 14.3 Å². The molecule has 0 aliphatic rings. The Morgan fingerprint density at radius 3 is 2.58 bits per heavy atom. The first-order valence-electron chi connectivity index (χ1n) is 10.1. The van der Waals surface area contributed by atoms with E-state index >= 15 is 0 Å². The number of hydrogen-bond acceptors (Lipinski definition) is 4. The van der Waals surface area contributed by atoms with Crippen molar-refractivity contribution in [1.29, 1.82) is 5.26 Å². The molecule has 0 bridgehead atoms. The smallest absolute Gasteiger partial charge is 0.265 e. The van der Waals surface area contributed by atoms with Crippen molar-refractivity contribution in [3.63, 3.8) is 0 Å². The van der Waals surface area contributed by atoms with E-state index in [1.54, 1.807) is 25.1 Å². The summed E-state index contributed by atoms with van der Waals surface area (Å²) in [5.74, 6) is 0.545. The van der Waals surface area contributed by atoms with Crippen LogP contribution in [0.5, 0.6) is 11.5 Å². The number of anilines is 1. The van der Waals surface area contributed by atoms with E-state index in [1.165, 1.54) is 12.6 Å². The molecular weight excluding hydrogens is 390 g/mol. The van der Waals surface area contributed by atoms with Crippen molar-refractivity contribution in [2.75, 3.05) is 12.4 Å². The van der Waals surface area contributed by atoms with Crippen LogP contribution in [0, 0.1) is 11.3 Å². The number of nitrogens with one attached hydrogen (secondary N) is 1. The number of carbonyl (C=O) groups is 1. The van der Waals surface area contributed by atoms with Gasteiger partial charge in [0.05, 0.1) is 18.7 Å². The van der Waals surface area contributed by atoms with Crippen LogP contribution in [0.4, 0.5) is 5.69 Å². The van der Waals surface area contributed by atoms with Gasteiger partial charge in [0, 0.05) is 40.1 Å². The van der Waals surface area contributed by atoms with Crippen molar-refractivity contribution in [1.82, 2.24) is 4.57 Å². The van der Waals surface area contributed by atoms with Crippen LogP contribution in [0.25, 0.3) is 21.8 Å². The highest BCUT2D eigenvalue weighted by atomic mass is 16.5. The largest absolute Gasteiger partial charge is 0.493 e. The van der Waals surface area contributed by atoms with Crippen LogP contribution in [-0.4, -0.2) is 23.7 Å². The SMILES string of the molecule is CCn1c2ccccc2c2cc(NC(=O)[C@H](C)Oc3ccc(C#N)cc3OC)ccc21. The van der Waals surface area contributed by atoms with Crippen LogP contribution < -0.4 is 14.8 Å². The summed E-state index contributed by atoms with van der Waals surface area (Å²) in [5, 5.41) is 14.2. The van der Waals surface area contributed by atoms with Crippen molar-refractivity contribution >= 4 is 33.4 Å². The van der Waals surface area contributed by atoms with Crippen molar-refractivity contribution in [3.8, 4) is 17.6 Å². The fourth-order valence-electron chi connectivity index (χ4n) is 3.79. The summed E-state index contributed by atoms with van der Waals surface area (Å²) in [6, 6.07) is 21.1. The molecule has 1 aromatic heterocycles. The fourth-order valence-corrected chi connectivity index (χ4v) is 3.79. The monoisotopic (exact) mass is 413 g/mol. The fraction of sp³-hybridized carbons (Fsp3) is 0.200. The first kappa shape index (κ1) is 20.3. The molecule has 1 atom stereocenters. The summed E-state index contributed by atoms with van der Waals surface area (Å²) >= 11 is 0. The van der Waals surface area contributed by atoms with Crippen LogP contribution in [0.3, 0.4) is 0 Å². The van der Waals surface area contributed by atoms with Gasteiger partial charge < -0.3 is 19.4 Å². The molecule has 31 heavy (non-hydrogen) atoms. The molecule has 0 saturated carbocycles. The Bertz CT molecular complexity index is 1320. The number of hydrogen-bond donors (Lipinski definition) is 1. The zero-order chi connectivity index (χ0) is 22.0. The number of para-hydroxylation sites is 1. The zero-order valence-corrected chi connectivity index (χ0v) is 17.7. The van der Waals surface area contributed by atoms with Gasteiger partial charge in [0.25, 0.3) is 5.91 Å². The lowest BCUT2D eigenvalue weighted by molar-refractivity contribution is -0.122. The van der Waals surface area contributed by atoms with Crippen LogP contribution in [0.2, 0.25) is 0 Å². The van der Waals surface area contributed by atoms with Gasteiger partial charge >= 0.3 is 0 Å². The van der Waals surface area contributed by atoms with E-state index in [0.717, 1.165) is 22.8 Å². The Balaban J connectivity index is 1.57. The van der Waals surface area contributed by atoms with Gasteiger partial charge in [0.15, 0.2) is 17.6 Å². The minimum absolute atomic E-state index is 0.273. The van der Waals surface area contributed by atoms with E-state index < -0.39 is 6.10 Å². The molecule has 6 nitrogen and oxygen atoms in total. The van der Waals surface area contributed by atoms with Gasteiger partial charge in [0.2, 0.25) is 0 Å². The number of ether oxygens (including phenoxy) is 2. The van der Waals surface area contributed by atoms with E-state index in [0.29, 0.717) is 22.7 Å². The van der Waals surface area contributed by atoms with Gasteiger partial charge in [-0.2, -0.15) is 5.26 Å². The molecule has 0 fully saturated rings. The highest BCUT2D eigenvalue weighted by Gasteiger charge is 2.18. The molecule has 0 spiro atoms. The van der Waals surface area contributed by atoms with Crippen LogP contribution >= 0.6 is 0 Å². The standard InChI is InChI=1S/C25H23N3O3/c1-4-28-21-8-6-5-7-19(21)20-14-18(10-11-22(20)28)27-25(29)16(2)31-23-12-9-17(15-26)13-24(23)30-3/h5-14,16H,4H2,1-3H3,(H,27,29)/t16-/m0/s1. The van der Waals surface area contributed by atoms with E-state index in [-0.39, 0.29) is 5.91 Å². The average molecular weight is 413 g/mol. The molecule has 0 saturated heterocycles. The van der Waals surface area contributed by atoms with Gasteiger partial charge in [-0.25, -0.2) is 0 Å². The predicted molar refractivity (Wildman–Crippen MR) is 122 cm³/mol. The number of aromatic nitrogens is 1. The third-order valence-electron chi connectivity index (χ3n) is 5.32. The third-order valence-corrected chi connectivity index (χ3v) is 5.32. The van der Waals surface area contributed by atoms with E-state index in [2.05, 4.69) is 35.0 Å². The number of nitriles is 1. The number of aryl methyl sites for hydroxylation is 1. The lowest BCUT2D eigenvalue weighted by Gasteiger charge is -2.17. The quantitative estimate of drug-likeness (QED) is 0.477. The number of amides is 1. The Morgan fingerprint density at radius 1 is 1.06 bits per heavy atom. The van der Waals surface area contributed by atoms with E-state index in [1.807, 2.05) is 30.3 Å². The van der Waals surface area contributed by atoms with Crippen LogP contribution in [0.15, 0.2) is 60.7 Å². The lowest BCUT2D eigenvalue weighted by Crippen LogP contribution is -2.30. The predicted octanol–water partition coefficient (Wildman–Crippen LogP) is 5.10. The number of methoxy groups -OCH3 is 1. The minimum Gasteiger partial charge on any atom is -0.493 e. The Kier molecular flexibility index (Phi) is 5.50. The maximum Gasteiger partial charge on any atom is 0.265 e. The molecule has 0 radical (unpaired) electrons. The summed E-state index contributed by atoms with van der Waals surface area (Å²) in [7, 11) is 1.50. The third kappa shape index (κ3) is 3.78. The first-order valence-corrected chi connectivity index (χ1v) is 10.1. The second kappa shape index (κ2) is 8.41. The second-order valence-electron chi connectivity index (χ2n) is 7.22. The number of fused-ring (bicyclic) bond motifs is 3. The second-order valence-corrected chi connectivity index (χ2v) is 7.22. The molecule has 0 aliphatic heterocycles. The Labute approximate surface area is 180 Å². The van der Waals surface area contributed by atoms with E-state index in [9.17, 15) is 4.79 Å². The molecular formula is C25H23N3O3. The summed E-state index contributed by atoms with van der Waals surface area (Å²) in [6.45, 7) is 4.67. The molecule has 0 aliphatic carbocycles. The molecule has 156 valence electrons. The molecule has 6 heteroatoms. The van der Waals surface area contributed by atoms with Crippen LogP contribution in [0.1, 0.15) is 19.4 Å². The average Bonchev–Trinajstić information content (AvgIpc) is 3.12. The summed E-state index contributed by atoms with van der Waals surface area (Å²) in [4.78, 5) is 12.8.